The molecule has 0 bridgehead atoms. The van der Waals surface area contributed by atoms with Crippen LogP contribution in [0.3, 0.4) is 0 Å². The van der Waals surface area contributed by atoms with Crippen LogP contribution in [-0.2, 0) is 4.79 Å². The summed E-state index contributed by atoms with van der Waals surface area (Å²) in [5.41, 5.74) is 5.66. The zero-order valence-electron chi connectivity index (χ0n) is 11.3. The number of amides is 1. The molecule has 1 amide bonds. The second kappa shape index (κ2) is 6.41. The molecule has 2 unspecified atom stereocenters. The van der Waals surface area contributed by atoms with Crippen molar-refractivity contribution in [3.05, 3.63) is 29.0 Å². The maximum atomic E-state index is 13.0. The number of halogens is 2. The van der Waals surface area contributed by atoms with Crippen LogP contribution in [0.25, 0.3) is 0 Å². The van der Waals surface area contributed by atoms with E-state index in [1.54, 1.807) is 11.8 Å². The van der Waals surface area contributed by atoms with E-state index < -0.39 is 11.9 Å². The van der Waals surface area contributed by atoms with Gasteiger partial charge in [-0.25, -0.2) is 4.39 Å². The van der Waals surface area contributed by atoms with Gasteiger partial charge in [-0.2, -0.15) is 0 Å². The van der Waals surface area contributed by atoms with Gasteiger partial charge >= 0.3 is 0 Å². The predicted molar refractivity (Wildman–Crippen MR) is 75.3 cm³/mol. The van der Waals surface area contributed by atoms with Crippen LogP contribution in [0.5, 0.6) is 5.75 Å². The molecule has 2 rings (SSSR count). The van der Waals surface area contributed by atoms with Crippen molar-refractivity contribution in [1.82, 2.24) is 4.90 Å². The Hall–Kier alpha value is -1.33. The number of ether oxygens (including phenoxy) is 1. The lowest BCUT2D eigenvalue weighted by Crippen LogP contribution is -2.45. The Morgan fingerprint density at radius 3 is 3.05 bits per heavy atom. The number of carbonyl (C=O) groups is 1. The molecule has 0 radical (unpaired) electrons. The van der Waals surface area contributed by atoms with E-state index in [0.29, 0.717) is 18.8 Å². The van der Waals surface area contributed by atoms with Gasteiger partial charge in [0.25, 0.3) is 5.91 Å². The fourth-order valence-electron chi connectivity index (χ4n) is 2.42. The molecule has 1 fully saturated rings. The minimum absolute atomic E-state index is 0.0808. The van der Waals surface area contributed by atoms with E-state index in [-0.39, 0.29) is 17.0 Å². The summed E-state index contributed by atoms with van der Waals surface area (Å²) in [7, 11) is 0. The standard InChI is InChI=1S/C14H18ClFN2O2/c1-9(14(19)18-6-2-3-11(18)8-17)20-13-5-4-10(16)7-12(13)15/h4-5,7,9,11H,2-3,6,8,17H2,1H3. The monoisotopic (exact) mass is 300 g/mol. The minimum atomic E-state index is -0.676. The van der Waals surface area contributed by atoms with Gasteiger partial charge in [-0.15, -0.1) is 0 Å². The Bertz CT molecular complexity index is 498. The largest absolute Gasteiger partial charge is 0.479 e. The van der Waals surface area contributed by atoms with Crippen LogP contribution in [0, 0.1) is 5.82 Å². The van der Waals surface area contributed by atoms with Gasteiger partial charge in [-0.05, 0) is 38.0 Å². The summed E-state index contributed by atoms with van der Waals surface area (Å²) < 4.78 is 18.5. The molecule has 1 aliphatic rings. The van der Waals surface area contributed by atoms with Crippen LogP contribution >= 0.6 is 11.6 Å². The molecule has 20 heavy (non-hydrogen) atoms. The predicted octanol–water partition coefficient (Wildman–Crippen LogP) is 2.20. The Morgan fingerprint density at radius 1 is 1.65 bits per heavy atom. The molecule has 1 aromatic carbocycles. The van der Waals surface area contributed by atoms with Gasteiger partial charge in [-0.3, -0.25) is 4.79 Å². The average molecular weight is 301 g/mol. The molecule has 2 N–H and O–H groups in total. The van der Waals surface area contributed by atoms with Gasteiger partial charge in [-0.1, -0.05) is 11.6 Å². The van der Waals surface area contributed by atoms with Crippen LogP contribution in [0.15, 0.2) is 18.2 Å². The van der Waals surface area contributed by atoms with Gasteiger partial charge in [0.05, 0.1) is 5.02 Å². The lowest BCUT2D eigenvalue weighted by molar-refractivity contribution is -0.138. The number of likely N-dealkylation sites (tertiary alicyclic amines) is 1. The Balaban J connectivity index is 2.04. The van der Waals surface area contributed by atoms with Gasteiger partial charge in [0.1, 0.15) is 11.6 Å². The third-order valence-corrected chi connectivity index (χ3v) is 3.77. The normalized spacial score (nSPS) is 20.0. The highest BCUT2D eigenvalue weighted by molar-refractivity contribution is 6.32. The second-order valence-corrected chi connectivity index (χ2v) is 5.31. The molecular formula is C14H18ClFN2O2. The molecule has 6 heteroatoms. The Labute approximate surface area is 122 Å². The smallest absolute Gasteiger partial charge is 0.263 e. The number of nitrogens with zero attached hydrogens (tertiary/aromatic N) is 1. The van der Waals surface area contributed by atoms with Crippen molar-refractivity contribution in [2.45, 2.75) is 31.9 Å². The van der Waals surface area contributed by atoms with Crippen LogP contribution in [0.4, 0.5) is 4.39 Å². The lowest BCUT2D eigenvalue weighted by atomic mass is 10.2. The lowest BCUT2D eigenvalue weighted by Gasteiger charge is -2.27. The highest BCUT2D eigenvalue weighted by Gasteiger charge is 2.31. The first-order valence-corrected chi connectivity index (χ1v) is 7.03. The van der Waals surface area contributed by atoms with Crippen molar-refractivity contribution < 1.29 is 13.9 Å². The number of nitrogens with two attached hydrogens (primary N) is 1. The van der Waals surface area contributed by atoms with E-state index in [9.17, 15) is 9.18 Å². The maximum Gasteiger partial charge on any atom is 0.263 e. The van der Waals surface area contributed by atoms with E-state index in [2.05, 4.69) is 0 Å². The van der Waals surface area contributed by atoms with E-state index in [0.717, 1.165) is 18.9 Å². The summed E-state index contributed by atoms with van der Waals surface area (Å²) in [5.74, 6) is -0.250. The van der Waals surface area contributed by atoms with Crippen molar-refractivity contribution >= 4 is 17.5 Å². The molecule has 1 aromatic rings. The molecule has 4 nitrogen and oxygen atoms in total. The molecule has 0 aliphatic carbocycles. The zero-order valence-corrected chi connectivity index (χ0v) is 12.1. The number of hydrogen-bond acceptors (Lipinski definition) is 3. The molecule has 0 aromatic heterocycles. The Morgan fingerprint density at radius 2 is 2.40 bits per heavy atom. The summed E-state index contributed by atoms with van der Waals surface area (Å²) in [5, 5.41) is 0.154. The summed E-state index contributed by atoms with van der Waals surface area (Å²) in [6.07, 6.45) is 1.20. The van der Waals surface area contributed by atoms with Crippen LogP contribution < -0.4 is 10.5 Å². The first-order valence-electron chi connectivity index (χ1n) is 6.65. The third kappa shape index (κ3) is 3.22. The summed E-state index contributed by atoms with van der Waals surface area (Å²) in [6, 6.07) is 3.91. The van der Waals surface area contributed by atoms with Crippen LogP contribution in [-0.4, -0.2) is 36.0 Å². The fraction of sp³-hybridized carbons (Fsp3) is 0.500. The molecule has 110 valence electrons. The fourth-order valence-corrected chi connectivity index (χ4v) is 2.63. The van der Waals surface area contributed by atoms with Crippen LogP contribution in [0.2, 0.25) is 5.02 Å². The van der Waals surface area contributed by atoms with Gasteiger partial charge in [0.2, 0.25) is 0 Å². The Kier molecular flexibility index (Phi) is 4.83. The van der Waals surface area contributed by atoms with E-state index in [4.69, 9.17) is 22.1 Å². The van der Waals surface area contributed by atoms with Crippen molar-refractivity contribution in [1.29, 1.82) is 0 Å². The van der Waals surface area contributed by atoms with E-state index in [1.807, 2.05) is 0 Å². The highest BCUT2D eigenvalue weighted by Crippen LogP contribution is 2.27. The third-order valence-electron chi connectivity index (χ3n) is 3.48. The molecule has 1 heterocycles. The second-order valence-electron chi connectivity index (χ2n) is 4.90. The van der Waals surface area contributed by atoms with Gasteiger partial charge in [0.15, 0.2) is 6.10 Å². The number of benzene rings is 1. The summed E-state index contributed by atoms with van der Waals surface area (Å²) in [4.78, 5) is 14.1. The first kappa shape index (κ1) is 15.1. The van der Waals surface area contributed by atoms with Crippen molar-refractivity contribution in [3.63, 3.8) is 0 Å². The summed E-state index contributed by atoms with van der Waals surface area (Å²) >= 11 is 5.88. The topological polar surface area (TPSA) is 55.6 Å². The molecule has 1 aliphatic heterocycles. The highest BCUT2D eigenvalue weighted by atomic mass is 35.5. The number of carbonyl (C=O) groups excluding carboxylic acids is 1. The van der Waals surface area contributed by atoms with Crippen molar-refractivity contribution in [2.75, 3.05) is 13.1 Å². The minimum Gasteiger partial charge on any atom is -0.479 e. The zero-order chi connectivity index (χ0) is 14.7. The molecule has 2 atom stereocenters. The molecular weight excluding hydrogens is 283 g/mol. The maximum absolute atomic E-state index is 13.0. The van der Waals surface area contributed by atoms with Crippen molar-refractivity contribution in [3.8, 4) is 5.75 Å². The van der Waals surface area contributed by atoms with Crippen LogP contribution in [0.1, 0.15) is 19.8 Å². The van der Waals surface area contributed by atoms with E-state index >= 15 is 0 Å². The average Bonchev–Trinajstić information content (AvgIpc) is 2.89. The van der Waals surface area contributed by atoms with E-state index in [1.165, 1.54) is 12.1 Å². The molecule has 1 saturated heterocycles. The summed E-state index contributed by atoms with van der Waals surface area (Å²) in [6.45, 7) is 2.81. The number of rotatable bonds is 4. The van der Waals surface area contributed by atoms with Crippen molar-refractivity contribution in [2.24, 2.45) is 5.73 Å². The number of hydrogen-bond donors (Lipinski definition) is 1. The van der Waals surface area contributed by atoms with Gasteiger partial charge in [0, 0.05) is 19.1 Å². The SMILES string of the molecule is CC(Oc1ccc(F)cc1Cl)C(=O)N1CCCC1CN. The quantitative estimate of drug-likeness (QED) is 0.927. The molecule has 0 spiro atoms. The molecule has 0 saturated carbocycles. The first-order chi connectivity index (χ1) is 9.52. The van der Waals surface area contributed by atoms with Gasteiger partial charge < -0.3 is 15.4 Å².